The molecule has 0 unspecified atom stereocenters. The number of alkyl carbamates (subject to hydrolysis) is 1. The van der Waals surface area contributed by atoms with Crippen molar-refractivity contribution in [1.82, 2.24) is 5.32 Å². The average molecular weight is 263 g/mol. The highest BCUT2D eigenvalue weighted by atomic mass is 16.6. The minimum Gasteiger partial charge on any atom is -0.477 e. The van der Waals surface area contributed by atoms with E-state index in [-0.39, 0.29) is 5.70 Å². The summed E-state index contributed by atoms with van der Waals surface area (Å²) < 4.78 is 5.00. The Hall–Kier alpha value is -2.30. The second-order valence-electron chi connectivity index (χ2n) is 4.90. The van der Waals surface area contributed by atoms with Crippen molar-refractivity contribution in [2.75, 3.05) is 0 Å². The number of nitrogens with one attached hydrogen (secondary N) is 1. The molecule has 0 aromatic heterocycles. The van der Waals surface area contributed by atoms with Crippen molar-refractivity contribution < 1.29 is 19.4 Å². The lowest BCUT2D eigenvalue weighted by Gasteiger charge is -2.19. The molecule has 5 heteroatoms. The second kappa shape index (κ2) is 6.04. The van der Waals surface area contributed by atoms with E-state index in [9.17, 15) is 9.59 Å². The van der Waals surface area contributed by atoms with Crippen molar-refractivity contribution in [2.45, 2.75) is 26.4 Å². The molecule has 19 heavy (non-hydrogen) atoms. The van der Waals surface area contributed by atoms with E-state index in [1.807, 2.05) is 6.07 Å². The Labute approximate surface area is 111 Å². The standard InChI is InChI=1S/C14H17NO4/c1-14(2,3)19-13(18)15-11(12(16)17)9-10-7-5-4-6-8-10/h4-9H,1-3H3,(H,15,18)(H,16,17)/b11-9+. The smallest absolute Gasteiger partial charge is 0.412 e. The lowest BCUT2D eigenvalue weighted by molar-refractivity contribution is -0.133. The van der Waals surface area contributed by atoms with Crippen LogP contribution in [0.5, 0.6) is 0 Å². The molecule has 0 radical (unpaired) electrons. The Bertz CT molecular complexity index is 486. The molecule has 0 aliphatic heterocycles. The Morgan fingerprint density at radius 3 is 2.26 bits per heavy atom. The van der Waals surface area contributed by atoms with Crippen LogP contribution >= 0.6 is 0 Å². The van der Waals surface area contributed by atoms with E-state index in [1.54, 1.807) is 45.0 Å². The number of amides is 1. The van der Waals surface area contributed by atoms with Gasteiger partial charge in [0.1, 0.15) is 11.3 Å². The molecule has 0 aliphatic carbocycles. The predicted octanol–water partition coefficient (Wildman–Crippen LogP) is 2.64. The van der Waals surface area contributed by atoms with Crippen molar-refractivity contribution in [2.24, 2.45) is 0 Å². The lowest BCUT2D eigenvalue weighted by atomic mass is 10.2. The fourth-order valence-corrected chi connectivity index (χ4v) is 1.28. The molecule has 0 aliphatic rings. The minimum atomic E-state index is -1.23. The highest BCUT2D eigenvalue weighted by Crippen LogP contribution is 2.09. The Morgan fingerprint density at radius 2 is 1.79 bits per heavy atom. The SMILES string of the molecule is CC(C)(C)OC(=O)N/C(=C/c1ccccc1)C(=O)O. The molecule has 1 aromatic rings. The third-order valence-electron chi connectivity index (χ3n) is 1.98. The van der Waals surface area contributed by atoms with Crippen LogP contribution in [-0.4, -0.2) is 22.8 Å². The Kier molecular flexibility index (Phi) is 4.69. The molecule has 1 amide bonds. The van der Waals surface area contributed by atoms with E-state index in [2.05, 4.69) is 5.32 Å². The van der Waals surface area contributed by atoms with E-state index in [0.717, 1.165) is 0 Å². The molecule has 2 N–H and O–H groups in total. The molecule has 0 fully saturated rings. The first-order valence-electron chi connectivity index (χ1n) is 5.78. The van der Waals surface area contributed by atoms with Gasteiger partial charge in [0, 0.05) is 0 Å². The Morgan fingerprint density at radius 1 is 1.21 bits per heavy atom. The van der Waals surface area contributed by atoms with Gasteiger partial charge in [0.15, 0.2) is 0 Å². The summed E-state index contributed by atoms with van der Waals surface area (Å²) in [5, 5.41) is 11.3. The van der Waals surface area contributed by atoms with Crippen LogP contribution in [-0.2, 0) is 9.53 Å². The number of carboxylic acid groups (broad SMARTS) is 1. The monoisotopic (exact) mass is 263 g/mol. The van der Waals surface area contributed by atoms with Crippen LogP contribution in [0.1, 0.15) is 26.3 Å². The number of rotatable bonds is 3. The van der Waals surface area contributed by atoms with Crippen LogP contribution < -0.4 is 5.32 Å². The molecule has 0 heterocycles. The summed E-state index contributed by atoms with van der Waals surface area (Å²) in [5.74, 6) is -1.23. The van der Waals surface area contributed by atoms with E-state index in [1.165, 1.54) is 6.08 Å². The molecule has 102 valence electrons. The van der Waals surface area contributed by atoms with Gasteiger partial charge >= 0.3 is 12.1 Å². The van der Waals surface area contributed by atoms with Gasteiger partial charge in [-0.3, -0.25) is 5.32 Å². The summed E-state index contributed by atoms with van der Waals surface area (Å²) in [7, 11) is 0. The number of ether oxygens (including phenoxy) is 1. The maximum Gasteiger partial charge on any atom is 0.412 e. The summed E-state index contributed by atoms with van der Waals surface area (Å²) in [4.78, 5) is 22.6. The quantitative estimate of drug-likeness (QED) is 0.822. The topological polar surface area (TPSA) is 75.6 Å². The second-order valence-corrected chi connectivity index (χ2v) is 4.90. The zero-order chi connectivity index (χ0) is 14.5. The third-order valence-corrected chi connectivity index (χ3v) is 1.98. The van der Waals surface area contributed by atoms with E-state index in [0.29, 0.717) is 5.56 Å². The van der Waals surface area contributed by atoms with Gasteiger partial charge in [-0.15, -0.1) is 0 Å². The predicted molar refractivity (Wildman–Crippen MR) is 71.4 cm³/mol. The first kappa shape index (κ1) is 14.8. The van der Waals surface area contributed by atoms with Gasteiger partial charge in [0.25, 0.3) is 0 Å². The van der Waals surface area contributed by atoms with Crippen LogP contribution in [0, 0.1) is 0 Å². The average Bonchev–Trinajstić information content (AvgIpc) is 2.26. The van der Waals surface area contributed by atoms with Gasteiger partial charge < -0.3 is 9.84 Å². The molecule has 0 bridgehead atoms. The van der Waals surface area contributed by atoms with Gasteiger partial charge in [0.2, 0.25) is 0 Å². The van der Waals surface area contributed by atoms with Crippen molar-refractivity contribution >= 4 is 18.1 Å². The van der Waals surface area contributed by atoms with E-state index < -0.39 is 17.7 Å². The van der Waals surface area contributed by atoms with Gasteiger partial charge in [-0.25, -0.2) is 9.59 Å². The van der Waals surface area contributed by atoms with Crippen LogP contribution in [0.3, 0.4) is 0 Å². The lowest BCUT2D eigenvalue weighted by Crippen LogP contribution is -2.34. The number of hydrogen-bond acceptors (Lipinski definition) is 3. The van der Waals surface area contributed by atoms with Crippen molar-refractivity contribution in [1.29, 1.82) is 0 Å². The van der Waals surface area contributed by atoms with Crippen molar-refractivity contribution in [3.05, 3.63) is 41.6 Å². The number of carbonyl (C=O) groups is 2. The maximum atomic E-state index is 11.5. The van der Waals surface area contributed by atoms with E-state index in [4.69, 9.17) is 9.84 Å². The molecular formula is C14H17NO4. The van der Waals surface area contributed by atoms with Crippen LogP contribution in [0.2, 0.25) is 0 Å². The molecule has 0 saturated heterocycles. The molecule has 0 spiro atoms. The summed E-state index contributed by atoms with van der Waals surface area (Å²) in [5.41, 5.74) is -0.239. The summed E-state index contributed by atoms with van der Waals surface area (Å²) in [6.45, 7) is 5.11. The van der Waals surface area contributed by atoms with Gasteiger partial charge in [-0.1, -0.05) is 30.3 Å². The maximum absolute atomic E-state index is 11.5. The number of carbonyl (C=O) groups excluding carboxylic acids is 1. The van der Waals surface area contributed by atoms with Crippen molar-refractivity contribution in [3.63, 3.8) is 0 Å². The Balaban J connectivity index is 2.83. The molecule has 1 aromatic carbocycles. The molecule has 1 rings (SSSR count). The zero-order valence-corrected chi connectivity index (χ0v) is 11.1. The van der Waals surface area contributed by atoms with Crippen LogP contribution in [0.15, 0.2) is 36.0 Å². The highest BCUT2D eigenvalue weighted by Gasteiger charge is 2.19. The fourth-order valence-electron chi connectivity index (χ4n) is 1.28. The third kappa shape index (κ3) is 5.72. The first-order valence-corrected chi connectivity index (χ1v) is 5.78. The zero-order valence-electron chi connectivity index (χ0n) is 11.1. The fraction of sp³-hybridized carbons (Fsp3) is 0.286. The summed E-state index contributed by atoms with van der Waals surface area (Å²) in [6.07, 6.45) is 0.573. The number of hydrogen-bond donors (Lipinski definition) is 2. The number of carboxylic acids is 1. The summed E-state index contributed by atoms with van der Waals surface area (Å²) in [6, 6.07) is 8.84. The first-order chi connectivity index (χ1) is 8.78. The minimum absolute atomic E-state index is 0.236. The van der Waals surface area contributed by atoms with Crippen molar-refractivity contribution in [3.8, 4) is 0 Å². The van der Waals surface area contributed by atoms with Crippen LogP contribution in [0.4, 0.5) is 4.79 Å². The highest BCUT2D eigenvalue weighted by molar-refractivity contribution is 5.95. The van der Waals surface area contributed by atoms with Gasteiger partial charge in [-0.05, 0) is 32.4 Å². The molecule has 5 nitrogen and oxygen atoms in total. The number of aliphatic carboxylic acids is 1. The normalized spacial score (nSPS) is 11.8. The van der Waals surface area contributed by atoms with Gasteiger partial charge in [-0.2, -0.15) is 0 Å². The molecule has 0 atom stereocenters. The molecular weight excluding hydrogens is 246 g/mol. The largest absolute Gasteiger partial charge is 0.477 e. The van der Waals surface area contributed by atoms with E-state index >= 15 is 0 Å². The van der Waals surface area contributed by atoms with Gasteiger partial charge in [0.05, 0.1) is 0 Å². The van der Waals surface area contributed by atoms with Crippen LogP contribution in [0.25, 0.3) is 6.08 Å². The molecule has 0 saturated carbocycles. The number of benzene rings is 1. The summed E-state index contributed by atoms with van der Waals surface area (Å²) >= 11 is 0.